The summed E-state index contributed by atoms with van der Waals surface area (Å²) in [4.78, 5) is 1.66. The Morgan fingerprint density at radius 3 is 1.75 bits per heavy atom. The molecule has 0 rings (SSSR count). The number of rotatable bonds is 8. The van der Waals surface area contributed by atoms with Gasteiger partial charge in [0.05, 0.1) is 12.2 Å². The number of nitrogens with zero attached hydrogens (tertiary/aromatic N) is 1. The van der Waals surface area contributed by atoms with E-state index in [1.54, 1.807) is 18.7 Å². The van der Waals surface area contributed by atoms with E-state index < -0.39 is 19.8 Å². The Balaban J connectivity index is 4.45. The van der Waals surface area contributed by atoms with Crippen LogP contribution in [0.4, 0.5) is 0 Å². The van der Waals surface area contributed by atoms with Crippen molar-refractivity contribution in [3.8, 4) is 0 Å². The molecule has 0 amide bonds. The van der Waals surface area contributed by atoms with Crippen LogP contribution in [0.25, 0.3) is 0 Å². The van der Waals surface area contributed by atoms with Crippen molar-refractivity contribution in [2.45, 2.75) is 26.1 Å². The highest BCUT2D eigenvalue weighted by Crippen LogP contribution is 2.46. The van der Waals surface area contributed by atoms with Crippen LogP contribution in [-0.2, 0) is 13.6 Å². The molecule has 2 atom stereocenters. The Labute approximate surface area is 96.7 Å². The standard InChI is InChI=1S/C9H22NO5P/c1-8(11)5-10(6-9(2)12)7-16(13,14-3)15-4/h8-9,11-12H,5-7H2,1-4H3/t8-,9-/m1/s1. The second-order valence-corrected chi connectivity index (χ2v) is 6.09. The largest absolute Gasteiger partial charge is 0.392 e. The highest BCUT2D eigenvalue weighted by molar-refractivity contribution is 7.53. The zero-order chi connectivity index (χ0) is 12.8. The molecule has 0 bridgehead atoms. The van der Waals surface area contributed by atoms with Gasteiger partial charge in [-0.25, -0.2) is 0 Å². The molecule has 0 unspecified atom stereocenters. The van der Waals surface area contributed by atoms with Gasteiger partial charge in [0.2, 0.25) is 0 Å². The summed E-state index contributed by atoms with van der Waals surface area (Å²) in [6, 6.07) is 0. The van der Waals surface area contributed by atoms with Crippen molar-refractivity contribution in [3.05, 3.63) is 0 Å². The first-order valence-electron chi connectivity index (χ1n) is 5.12. The number of hydrogen-bond acceptors (Lipinski definition) is 6. The average molecular weight is 255 g/mol. The summed E-state index contributed by atoms with van der Waals surface area (Å²) in [5.41, 5.74) is 0. The van der Waals surface area contributed by atoms with Crippen LogP contribution in [0.5, 0.6) is 0 Å². The second-order valence-electron chi connectivity index (χ2n) is 3.85. The van der Waals surface area contributed by atoms with E-state index in [0.717, 1.165) is 0 Å². The van der Waals surface area contributed by atoms with E-state index >= 15 is 0 Å². The van der Waals surface area contributed by atoms with Gasteiger partial charge in [0.25, 0.3) is 0 Å². The van der Waals surface area contributed by atoms with Gasteiger partial charge in [-0.1, -0.05) is 0 Å². The van der Waals surface area contributed by atoms with E-state index in [0.29, 0.717) is 13.1 Å². The van der Waals surface area contributed by atoms with E-state index in [1.165, 1.54) is 14.2 Å². The third-order valence-electron chi connectivity index (χ3n) is 1.97. The van der Waals surface area contributed by atoms with Crippen LogP contribution in [0.15, 0.2) is 0 Å². The SMILES string of the molecule is COP(=O)(CN(C[C@@H](C)O)C[C@@H](C)O)OC. The van der Waals surface area contributed by atoms with Gasteiger partial charge < -0.3 is 19.3 Å². The normalized spacial score (nSPS) is 16.4. The van der Waals surface area contributed by atoms with Crippen LogP contribution in [-0.4, -0.2) is 60.9 Å². The fraction of sp³-hybridized carbons (Fsp3) is 1.00. The van der Waals surface area contributed by atoms with Gasteiger partial charge in [0.1, 0.15) is 6.29 Å². The van der Waals surface area contributed by atoms with Crippen LogP contribution in [0.3, 0.4) is 0 Å². The molecule has 0 saturated heterocycles. The topological polar surface area (TPSA) is 79.2 Å². The maximum absolute atomic E-state index is 11.9. The van der Waals surface area contributed by atoms with Gasteiger partial charge in [0.15, 0.2) is 0 Å². The molecule has 0 aliphatic carbocycles. The first-order chi connectivity index (χ1) is 7.33. The lowest BCUT2D eigenvalue weighted by molar-refractivity contribution is 0.0892. The summed E-state index contributed by atoms with van der Waals surface area (Å²) in [6.07, 6.45) is -1.09. The molecule has 2 N–H and O–H groups in total. The van der Waals surface area contributed by atoms with Gasteiger partial charge in [-0.3, -0.25) is 9.46 Å². The third kappa shape index (κ3) is 6.58. The number of hydrogen-bond donors (Lipinski definition) is 2. The summed E-state index contributed by atoms with van der Waals surface area (Å²) >= 11 is 0. The molecule has 98 valence electrons. The molecule has 0 saturated carbocycles. The molecule has 0 heterocycles. The zero-order valence-electron chi connectivity index (χ0n) is 10.3. The highest BCUT2D eigenvalue weighted by atomic mass is 31.2. The van der Waals surface area contributed by atoms with Crippen LogP contribution in [0.1, 0.15) is 13.8 Å². The average Bonchev–Trinajstić information content (AvgIpc) is 2.15. The first kappa shape index (κ1) is 16.0. The molecular formula is C9H22NO5P. The maximum Gasteiger partial charge on any atom is 0.344 e. The minimum Gasteiger partial charge on any atom is -0.392 e. The van der Waals surface area contributed by atoms with Crippen LogP contribution in [0.2, 0.25) is 0 Å². The Kier molecular flexibility index (Phi) is 7.39. The third-order valence-corrected chi connectivity index (χ3v) is 3.83. The van der Waals surface area contributed by atoms with E-state index in [4.69, 9.17) is 9.05 Å². The highest BCUT2D eigenvalue weighted by Gasteiger charge is 2.26. The lowest BCUT2D eigenvalue weighted by Crippen LogP contribution is -2.37. The molecule has 0 spiro atoms. The van der Waals surface area contributed by atoms with E-state index in [1.807, 2.05) is 0 Å². The smallest absolute Gasteiger partial charge is 0.344 e. The monoisotopic (exact) mass is 255 g/mol. The Morgan fingerprint density at radius 1 is 1.12 bits per heavy atom. The summed E-state index contributed by atoms with van der Waals surface area (Å²) in [6.45, 7) is 3.86. The van der Waals surface area contributed by atoms with Crippen LogP contribution in [0, 0.1) is 0 Å². The van der Waals surface area contributed by atoms with Gasteiger partial charge in [0, 0.05) is 27.3 Å². The molecule has 0 aromatic rings. The number of aliphatic hydroxyl groups is 2. The van der Waals surface area contributed by atoms with Gasteiger partial charge in [-0.15, -0.1) is 0 Å². The van der Waals surface area contributed by atoms with Crippen molar-refractivity contribution >= 4 is 7.60 Å². The molecule has 0 aromatic heterocycles. The predicted molar refractivity (Wildman–Crippen MR) is 61.4 cm³/mol. The summed E-state index contributed by atoms with van der Waals surface area (Å²) in [5, 5.41) is 18.6. The van der Waals surface area contributed by atoms with Crippen LogP contribution >= 0.6 is 7.60 Å². The lowest BCUT2D eigenvalue weighted by Gasteiger charge is -2.27. The van der Waals surface area contributed by atoms with Crippen molar-refractivity contribution in [2.24, 2.45) is 0 Å². The molecule has 0 fully saturated rings. The van der Waals surface area contributed by atoms with Crippen molar-refractivity contribution in [1.29, 1.82) is 0 Å². The van der Waals surface area contributed by atoms with Gasteiger partial charge in [-0.05, 0) is 13.8 Å². The molecule has 0 aliphatic rings. The van der Waals surface area contributed by atoms with Crippen molar-refractivity contribution in [3.63, 3.8) is 0 Å². The fourth-order valence-corrected chi connectivity index (χ4v) is 2.47. The summed E-state index contributed by atoms with van der Waals surface area (Å²) < 4.78 is 21.5. The van der Waals surface area contributed by atoms with Gasteiger partial charge >= 0.3 is 7.60 Å². The second kappa shape index (κ2) is 7.37. The van der Waals surface area contributed by atoms with Crippen molar-refractivity contribution in [2.75, 3.05) is 33.6 Å². The van der Waals surface area contributed by atoms with Gasteiger partial charge in [-0.2, -0.15) is 0 Å². The van der Waals surface area contributed by atoms with Crippen LogP contribution < -0.4 is 0 Å². The minimum absolute atomic E-state index is 0.0514. The lowest BCUT2D eigenvalue weighted by atomic mass is 10.3. The molecule has 7 heteroatoms. The maximum atomic E-state index is 11.9. The summed E-state index contributed by atoms with van der Waals surface area (Å²) in [5.74, 6) is 0. The van der Waals surface area contributed by atoms with E-state index in [9.17, 15) is 14.8 Å². The minimum atomic E-state index is -3.15. The fourth-order valence-electron chi connectivity index (χ4n) is 1.37. The summed E-state index contributed by atoms with van der Waals surface area (Å²) in [7, 11) is -0.521. The zero-order valence-corrected chi connectivity index (χ0v) is 11.2. The van der Waals surface area contributed by atoms with Crippen molar-refractivity contribution < 1.29 is 23.8 Å². The Hall–Kier alpha value is 0.0300. The quantitative estimate of drug-likeness (QED) is 0.615. The molecule has 0 radical (unpaired) electrons. The Bertz CT molecular complexity index is 216. The van der Waals surface area contributed by atoms with E-state index in [2.05, 4.69) is 0 Å². The first-order valence-corrected chi connectivity index (χ1v) is 6.84. The molecule has 6 nitrogen and oxygen atoms in total. The Morgan fingerprint density at radius 2 is 1.50 bits per heavy atom. The predicted octanol–water partition coefficient (Wildman–Crippen LogP) is 0.493. The number of aliphatic hydroxyl groups excluding tert-OH is 2. The van der Waals surface area contributed by atoms with E-state index in [-0.39, 0.29) is 6.29 Å². The van der Waals surface area contributed by atoms with Crippen molar-refractivity contribution in [1.82, 2.24) is 4.90 Å². The molecular weight excluding hydrogens is 233 g/mol. The molecule has 0 aromatic carbocycles. The molecule has 0 aliphatic heterocycles. The molecule has 16 heavy (non-hydrogen) atoms.